The highest BCUT2D eigenvalue weighted by molar-refractivity contribution is 7.99. The Bertz CT molecular complexity index is 581. The standard InChI is InChI=1S/C14H12FNOS/c1-9(17)13-8-12(6-7-14(13)16)18-11-4-2-10(15)3-5-11/h2-8H,16H2,1H3. The van der Waals surface area contributed by atoms with Gasteiger partial charge in [0.05, 0.1) is 0 Å². The largest absolute Gasteiger partial charge is 0.398 e. The molecule has 2 aromatic carbocycles. The van der Waals surface area contributed by atoms with Crippen molar-refractivity contribution in [2.75, 3.05) is 5.73 Å². The van der Waals surface area contributed by atoms with Crippen molar-refractivity contribution in [3.05, 3.63) is 53.8 Å². The van der Waals surface area contributed by atoms with Crippen LogP contribution in [-0.4, -0.2) is 5.78 Å². The number of anilines is 1. The van der Waals surface area contributed by atoms with Gasteiger partial charge in [-0.05, 0) is 49.4 Å². The molecule has 0 saturated heterocycles. The molecule has 0 spiro atoms. The second-order valence-corrected chi connectivity index (χ2v) is 5.01. The summed E-state index contributed by atoms with van der Waals surface area (Å²) < 4.78 is 12.8. The van der Waals surface area contributed by atoms with Crippen molar-refractivity contribution in [3.63, 3.8) is 0 Å². The van der Waals surface area contributed by atoms with Gasteiger partial charge >= 0.3 is 0 Å². The van der Waals surface area contributed by atoms with E-state index in [2.05, 4.69) is 0 Å². The third-order valence-corrected chi connectivity index (χ3v) is 3.45. The van der Waals surface area contributed by atoms with Crippen LogP contribution in [0.25, 0.3) is 0 Å². The number of hydrogen-bond donors (Lipinski definition) is 1. The highest BCUT2D eigenvalue weighted by Crippen LogP contribution is 2.30. The van der Waals surface area contributed by atoms with E-state index in [1.807, 2.05) is 6.07 Å². The normalized spacial score (nSPS) is 10.3. The molecule has 0 amide bonds. The summed E-state index contributed by atoms with van der Waals surface area (Å²) in [4.78, 5) is 13.2. The van der Waals surface area contributed by atoms with Gasteiger partial charge in [-0.15, -0.1) is 0 Å². The molecule has 0 aliphatic rings. The molecule has 0 saturated carbocycles. The van der Waals surface area contributed by atoms with Crippen molar-refractivity contribution in [2.45, 2.75) is 16.7 Å². The van der Waals surface area contributed by atoms with Crippen molar-refractivity contribution >= 4 is 23.2 Å². The maximum atomic E-state index is 12.8. The van der Waals surface area contributed by atoms with Crippen molar-refractivity contribution in [1.29, 1.82) is 0 Å². The first-order valence-corrected chi connectivity index (χ1v) is 6.22. The zero-order valence-corrected chi connectivity index (χ0v) is 10.6. The van der Waals surface area contributed by atoms with Gasteiger partial charge in [0, 0.05) is 21.0 Å². The monoisotopic (exact) mass is 261 g/mol. The Kier molecular flexibility index (Phi) is 3.67. The molecule has 0 fully saturated rings. The van der Waals surface area contributed by atoms with E-state index < -0.39 is 0 Å². The molecular formula is C14H12FNOS. The number of carbonyl (C=O) groups is 1. The van der Waals surface area contributed by atoms with Gasteiger partial charge in [0.2, 0.25) is 0 Å². The number of hydrogen-bond acceptors (Lipinski definition) is 3. The highest BCUT2D eigenvalue weighted by atomic mass is 32.2. The molecule has 0 aliphatic carbocycles. The first-order valence-electron chi connectivity index (χ1n) is 5.40. The average molecular weight is 261 g/mol. The molecule has 2 nitrogen and oxygen atoms in total. The van der Waals surface area contributed by atoms with E-state index >= 15 is 0 Å². The van der Waals surface area contributed by atoms with Crippen LogP contribution >= 0.6 is 11.8 Å². The van der Waals surface area contributed by atoms with Crippen LogP contribution in [0.2, 0.25) is 0 Å². The minimum absolute atomic E-state index is 0.0611. The molecule has 0 radical (unpaired) electrons. The number of carbonyl (C=O) groups excluding carboxylic acids is 1. The van der Waals surface area contributed by atoms with Crippen LogP contribution in [0.3, 0.4) is 0 Å². The third kappa shape index (κ3) is 2.90. The fraction of sp³-hybridized carbons (Fsp3) is 0.0714. The molecule has 4 heteroatoms. The topological polar surface area (TPSA) is 43.1 Å². The summed E-state index contributed by atoms with van der Waals surface area (Å²) in [5.41, 5.74) is 6.72. The minimum atomic E-state index is -0.263. The lowest BCUT2D eigenvalue weighted by Crippen LogP contribution is -1.99. The second kappa shape index (κ2) is 5.23. The third-order valence-electron chi connectivity index (χ3n) is 2.45. The Hall–Kier alpha value is -1.81. The first kappa shape index (κ1) is 12.6. The Balaban J connectivity index is 2.27. The summed E-state index contributed by atoms with van der Waals surface area (Å²) in [6.45, 7) is 1.48. The molecule has 2 rings (SSSR count). The molecule has 0 aromatic heterocycles. The van der Waals surface area contributed by atoms with E-state index in [1.54, 1.807) is 24.3 Å². The van der Waals surface area contributed by atoms with Crippen LogP contribution in [0.5, 0.6) is 0 Å². The predicted octanol–water partition coefficient (Wildman–Crippen LogP) is 3.76. The zero-order chi connectivity index (χ0) is 13.1. The van der Waals surface area contributed by atoms with Gasteiger partial charge in [-0.25, -0.2) is 4.39 Å². The zero-order valence-electron chi connectivity index (χ0n) is 9.81. The van der Waals surface area contributed by atoms with Gasteiger partial charge in [0.1, 0.15) is 5.82 Å². The van der Waals surface area contributed by atoms with Crippen molar-refractivity contribution in [2.24, 2.45) is 0 Å². The van der Waals surface area contributed by atoms with Crippen molar-refractivity contribution < 1.29 is 9.18 Å². The van der Waals surface area contributed by atoms with Gasteiger partial charge in [-0.2, -0.15) is 0 Å². The molecular weight excluding hydrogens is 249 g/mol. The Labute approximate surface area is 109 Å². The van der Waals surface area contributed by atoms with E-state index in [1.165, 1.54) is 30.8 Å². The second-order valence-electron chi connectivity index (χ2n) is 3.86. The van der Waals surface area contributed by atoms with E-state index in [9.17, 15) is 9.18 Å². The number of rotatable bonds is 3. The molecule has 0 heterocycles. The Morgan fingerprint density at radius 2 is 1.72 bits per heavy atom. The average Bonchev–Trinajstić information content (AvgIpc) is 2.34. The fourth-order valence-corrected chi connectivity index (χ4v) is 2.40. The van der Waals surface area contributed by atoms with Gasteiger partial charge in [0.15, 0.2) is 5.78 Å². The predicted molar refractivity (Wildman–Crippen MR) is 71.4 cm³/mol. The number of benzene rings is 2. The summed E-state index contributed by atoms with van der Waals surface area (Å²) in [6, 6.07) is 11.5. The summed E-state index contributed by atoms with van der Waals surface area (Å²) in [6.07, 6.45) is 0. The summed E-state index contributed by atoms with van der Waals surface area (Å²) >= 11 is 1.46. The quantitative estimate of drug-likeness (QED) is 0.675. The van der Waals surface area contributed by atoms with Crippen LogP contribution in [-0.2, 0) is 0 Å². The van der Waals surface area contributed by atoms with Gasteiger partial charge in [-0.3, -0.25) is 4.79 Å². The van der Waals surface area contributed by atoms with Gasteiger partial charge in [0.25, 0.3) is 0 Å². The number of nitrogens with two attached hydrogens (primary N) is 1. The molecule has 0 aliphatic heterocycles. The molecule has 0 bridgehead atoms. The number of ketones is 1. The fourth-order valence-electron chi connectivity index (χ4n) is 1.54. The molecule has 0 unspecified atom stereocenters. The maximum absolute atomic E-state index is 12.8. The van der Waals surface area contributed by atoms with Crippen LogP contribution < -0.4 is 5.73 Å². The van der Waals surface area contributed by atoms with Crippen LogP contribution in [0, 0.1) is 5.82 Å². The highest BCUT2D eigenvalue weighted by Gasteiger charge is 2.06. The minimum Gasteiger partial charge on any atom is -0.398 e. The SMILES string of the molecule is CC(=O)c1cc(Sc2ccc(F)cc2)ccc1N. The van der Waals surface area contributed by atoms with Crippen LogP contribution in [0.15, 0.2) is 52.3 Å². The van der Waals surface area contributed by atoms with Crippen molar-refractivity contribution in [1.82, 2.24) is 0 Å². The smallest absolute Gasteiger partial charge is 0.161 e. The number of Topliss-reactive ketones (excluding diaryl/α,β-unsaturated/α-hetero) is 1. The van der Waals surface area contributed by atoms with Gasteiger partial charge in [-0.1, -0.05) is 11.8 Å². The maximum Gasteiger partial charge on any atom is 0.161 e. The van der Waals surface area contributed by atoms with Crippen LogP contribution in [0.1, 0.15) is 17.3 Å². The molecule has 2 N–H and O–H groups in total. The van der Waals surface area contributed by atoms with E-state index in [4.69, 9.17) is 5.73 Å². The molecule has 92 valence electrons. The Morgan fingerprint density at radius 1 is 1.11 bits per heavy atom. The molecule has 18 heavy (non-hydrogen) atoms. The molecule has 0 atom stereocenters. The van der Waals surface area contributed by atoms with E-state index in [0.717, 1.165) is 9.79 Å². The molecule has 2 aromatic rings. The van der Waals surface area contributed by atoms with E-state index in [0.29, 0.717) is 11.3 Å². The number of halogens is 1. The van der Waals surface area contributed by atoms with Crippen molar-refractivity contribution in [3.8, 4) is 0 Å². The summed E-state index contributed by atoms with van der Waals surface area (Å²) in [5.74, 6) is -0.324. The Morgan fingerprint density at radius 3 is 2.33 bits per heavy atom. The lowest BCUT2D eigenvalue weighted by molar-refractivity contribution is 0.101. The lowest BCUT2D eigenvalue weighted by Gasteiger charge is -2.06. The number of nitrogen functional groups attached to an aromatic ring is 1. The summed E-state index contributed by atoms with van der Waals surface area (Å²) in [5, 5.41) is 0. The van der Waals surface area contributed by atoms with E-state index in [-0.39, 0.29) is 11.6 Å². The van der Waals surface area contributed by atoms with Gasteiger partial charge < -0.3 is 5.73 Å². The summed E-state index contributed by atoms with van der Waals surface area (Å²) in [7, 11) is 0. The van der Waals surface area contributed by atoms with Crippen LogP contribution in [0.4, 0.5) is 10.1 Å². The lowest BCUT2D eigenvalue weighted by atomic mass is 10.1. The first-order chi connectivity index (χ1) is 8.56.